The van der Waals surface area contributed by atoms with Gasteiger partial charge in [0.15, 0.2) is 0 Å². The van der Waals surface area contributed by atoms with Crippen molar-refractivity contribution in [2.45, 2.75) is 32.4 Å². The molecule has 3 nitrogen and oxygen atoms in total. The summed E-state index contributed by atoms with van der Waals surface area (Å²) in [6, 6.07) is 9.37. The number of hydrogen-bond acceptors (Lipinski definition) is 3. The lowest BCUT2D eigenvalue weighted by Gasteiger charge is -2.10. The second-order valence-electron chi connectivity index (χ2n) is 3.75. The molecule has 16 heavy (non-hydrogen) atoms. The van der Waals surface area contributed by atoms with Crippen LogP contribution in [0.3, 0.4) is 0 Å². The van der Waals surface area contributed by atoms with Gasteiger partial charge in [0.2, 0.25) is 0 Å². The normalized spacial score (nSPS) is 12.8. The standard InChI is InChI=1S/C12H19N2OP/c1-2-3-9-11(12(13)14)16(15)10-7-5-4-6-8-10/h4-8,12H,2-3,9,13-14H2,1H3. The lowest BCUT2D eigenvalue weighted by molar-refractivity contribution is -0.149. The first kappa shape index (κ1) is 13.3. The average molecular weight is 238 g/mol. The first-order chi connectivity index (χ1) is 7.66. The Morgan fingerprint density at radius 1 is 1.31 bits per heavy atom. The van der Waals surface area contributed by atoms with Gasteiger partial charge in [0, 0.05) is 6.42 Å². The zero-order valence-corrected chi connectivity index (χ0v) is 10.5. The average Bonchev–Trinajstić information content (AvgIpc) is 2.30. The van der Waals surface area contributed by atoms with E-state index in [1.807, 2.05) is 30.3 Å². The molecule has 0 heterocycles. The topological polar surface area (TPSA) is 75.1 Å². The summed E-state index contributed by atoms with van der Waals surface area (Å²) in [7, 11) is -1.57. The smallest absolute Gasteiger partial charge is 0.144 e. The van der Waals surface area contributed by atoms with Crippen LogP contribution in [0.25, 0.3) is 0 Å². The molecule has 0 aromatic heterocycles. The van der Waals surface area contributed by atoms with Crippen LogP contribution in [0.15, 0.2) is 30.3 Å². The van der Waals surface area contributed by atoms with E-state index in [2.05, 4.69) is 6.92 Å². The Labute approximate surface area is 97.9 Å². The van der Waals surface area contributed by atoms with Gasteiger partial charge in [0.25, 0.3) is 0 Å². The Balaban J connectivity index is 2.97. The van der Waals surface area contributed by atoms with Gasteiger partial charge in [-0.05, 0) is 18.6 Å². The van der Waals surface area contributed by atoms with Gasteiger partial charge in [-0.25, -0.2) is 0 Å². The molecular formula is C12H19N2OP. The molecule has 0 aliphatic carbocycles. The van der Waals surface area contributed by atoms with Crippen LogP contribution in [0.4, 0.5) is 0 Å². The van der Waals surface area contributed by atoms with Gasteiger partial charge in [0.1, 0.15) is 16.8 Å². The van der Waals surface area contributed by atoms with Crippen molar-refractivity contribution in [1.82, 2.24) is 0 Å². The number of nitrogens with two attached hydrogens (primary N) is 2. The first-order valence-corrected chi connectivity index (χ1v) is 6.82. The number of benzene rings is 1. The summed E-state index contributed by atoms with van der Waals surface area (Å²) in [5, 5.41) is 1.58. The van der Waals surface area contributed by atoms with E-state index in [0.29, 0.717) is 0 Å². The molecule has 1 aromatic rings. The van der Waals surface area contributed by atoms with Crippen LogP contribution >= 0.6 is 7.77 Å². The zero-order chi connectivity index (χ0) is 12.0. The highest BCUT2D eigenvalue weighted by Crippen LogP contribution is 2.17. The van der Waals surface area contributed by atoms with Crippen LogP contribution in [0, 0.1) is 0 Å². The fourth-order valence-corrected chi connectivity index (χ4v) is 2.90. The van der Waals surface area contributed by atoms with Crippen LogP contribution in [0.2, 0.25) is 0 Å². The van der Waals surface area contributed by atoms with Gasteiger partial charge in [-0.3, -0.25) is 0 Å². The van der Waals surface area contributed by atoms with Crippen molar-refractivity contribution in [3.63, 3.8) is 0 Å². The predicted octanol–water partition coefficient (Wildman–Crippen LogP) is 0.675. The van der Waals surface area contributed by atoms with E-state index in [1.165, 1.54) is 0 Å². The molecule has 0 saturated heterocycles. The summed E-state index contributed by atoms with van der Waals surface area (Å²) < 4.78 is 0. The van der Waals surface area contributed by atoms with Crippen LogP contribution in [0.5, 0.6) is 0 Å². The molecule has 0 saturated carbocycles. The highest BCUT2D eigenvalue weighted by atomic mass is 31.1. The number of unbranched alkanes of at least 4 members (excludes halogenated alkanes) is 1. The largest absolute Gasteiger partial charge is 0.626 e. The second-order valence-corrected chi connectivity index (χ2v) is 5.43. The van der Waals surface area contributed by atoms with Crippen molar-refractivity contribution < 1.29 is 4.89 Å². The third kappa shape index (κ3) is 3.69. The Bertz CT molecular complexity index is 349. The molecule has 1 atom stereocenters. The highest BCUT2D eigenvalue weighted by Gasteiger charge is 2.16. The minimum atomic E-state index is -1.57. The van der Waals surface area contributed by atoms with E-state index in [-0.39, 0.29) is 0 Å². The van der Waals surface area contributed by atoms with Crippen LogP contribution in [0.1, 0.15) is 26.2 Å². The maximum Gasteiger partial charge on any atom is 0.144 e. The molecule has 0 spiro atoms. The minimum Gasteiger partial charge on any atom is -0.626 e. The first-order valence-electron chi connectivity index (χ1n) is 5.56. The summed E-state index contributed by atoms with van der Waals surface area (Å²) in [5.74, 6) is 0. The van der Waals surface area contributed by atoms with E-state index in [0.717, 1.165) is 29.9 Å². The number of rotatable bonds is 5. The molecule has 4 N–H and O–H groups in total. The van der Waals surface area contributed by atoms with Gasteiger partial charge < -0.3 is 16.4 Å². The molecule has 0 bridgehead atoms. The van der Waals surface area contributed by atoms with Gasteiger partial charge in [0.05, 0.1) is 7.77 Å². The fraction of sp³-hybridized carbons (Fsp3) is 0.417. The summed E-state index contributed by atoms with van der Waals surface area (Å²) >= 11 is 0. The summed E-state index contributed by atoms with van der Waals surface area (Å²) in [5.41, 5.74) is 11.3. The van der Waals surface area contributed by atoms with E-state index in [1.54, 1.807) is 0 Å². The lowest BCUT2D eigenvalue weighted by Crippen LogP contribution is -2.40. The van der Waals surface area contributed by atoms with E-state index >= 15 is 0 Å². The summed E-state index contributed by atoms with van der Waals surface area (Å²) in [4.78, 5) is 12.2. The highest BCUT2D eigenvalue weighted by molar-refractivity contribution is 7.59. The third-order valence-corrected chi connectivity index (χ3v) is 4.23. The molecule has 0 fully saturated rings. The summed E-state index contributed by atoms with van der Waals surface area (Å²) in [6.45, 7) is 2.09. The van der Waals surface area contributed by atoms with Crippen molar-refractivity contribution in [2.75, 3.05) is 0 Å². The van der Waals surface area contributed by atoms with Gasteiger partial charge in [-0.1, -0.05) is 31.5 Å². The number of hydrogen-bond donors (Lipinski definition) is 2. The Kier molecular flexibility index (Phi) is 5.64. The Hall–Kier alpha value is -0.730. The molecule has 4 heteroatoms. The maximum absolute atomic E-state index is 12.2. The van der Waals surface area contributed by atoms with Gasteiger partial charge in [-0.15, -0.1) is 0 Å². The minimum absolute atomic E-state index is 0.588. The van der Waals surface area contributed by atoms with Crippen molar-refractivity contribution in [3.8, 4) is 0 Å². The van der Waals surface area contributed by atoms with Crippen LogP contribution < -0.4 is 21.7 Å². The van der Waals surface area contributed by atoms with E-state index in [4.69, 9.17) is 11.5 Å². The third-order valence-electron chi connectivity index (χ3n) is 2.42. The Morgan fingerprint density at radius 3 is 2.44 bits per heavy atom. The van der Waals surface area contributed by atoms with Gasteiger partial charge in [-0.2, -0.15) is 0 Å². The van der Waals surface area contributed by atoms with Crippen molar-refractivity contribution in [2.24, 2.45) is 11.5 Å². The van der Waals surface area contributed by atoms with Crippen LogP contribution in [-0.4, -0.2) is 11.5 Å². The van der Waals surface area contributed by atoms with Crippen LogP contribution in [-0.2, 0) is 0 Å². The summed E-state index contributed by atoms with van der Waals surface area (Å²) in [6.07, 6.45) is 2.19. The molecule has 0 radical (unpaired) electrons. The molecule has 0 amide bonds. The molecule has 0 aliphatic heterocycles. The predicted molar refractivity (Wildman–Crippen MR) is 69.7 cm³/mol. The molecule has 1 aromatic carbocycles. The molecule has 1 unspecified atom stereocenters. The molecular weight excluding hydrogens is 219 g/mol. The van der Waals surface area contributed by atoms with E-state index < -0.39 is 13.9 Å². The fourth-order valence-electron chi connectivity index (χ4n) is 1.49. The molecule has 0 aliphatic rings. The monoisotopic (exact) mass is 238 g/mol. The van der Waals surface area contributed by atoms with Crippen molar-refractivity contribution in [1.29, 1.82) is 0 Å². The van der Waals surface area contributed by atoms with Crippen molar-refractivity contribution in [3.05, 3.63) is 30.3 Å². The lowest BCUT2D eigenvalue weighted by atomic mass is 10.2. The second kappa shape index (κ2) is 6.77. The Morgan fingerprint density at radius 2 is 1.94 bits per heavy atom. The zero-order valence-electron chi connectivity index (χ0n) is 9.60. The quantitative estimate of drug-likeness (QED) is 0.585. The molecule has 1 rings (SSSR count). The van der Waals surface area contributed by atoms with Crippen molar-refractivity contribution >= 4 is 18.4 Å². The maximum atomic E-state index is 12.2. The van der Waals surface area contributed by atoms with Gasteiger partial charge >= 0.3 is 0 Å². The SMILES string of the molecule is CCCC/C(C(N)N)=[P+](\[O-])c1ccccc1. The molecule has 88 valence electrons. The van der Waals surface area contributed by atoms with E-state index in [9.17, 15) is 4.89 Å².